The highest BCUT2D eigenvalue weighted by atomic mass is 16.5. The maximum atomic E-state index is 12.4. The molecule has 0 atom stereocenters. The molecule has 1 aliphatic rings. The van der Waals surface area contributed by atoms with Crippen LogP contribution in [0, 0.1) is 5.92 Å². The topological polar surface area (TPSA) is 88.6 Å². The summed E-state index contributed by atoms with van der Waals surface area (Å²) < 4.78 is 7.23. The van der Waals surface area contributed by atoms with Crippen LogP contribution in [-0.2, 0) is 11.3 Å². The Balaban J connectivity index is 1.57. The number of hydrogen-bond donors (Lipinski definition) is 2. The number of aromatic amines is 2. The van der Waals surface area contributed by atoms with Crippen LogP contribution in [0.3, 0.4) is 0 Å². The third-order valence-corrected chi connectivity index (χ3v) is 5.14. The lowest BCUT2D eigenvalue weighted by Crippen LogP contribution is -2.25. The van der Waals surface area contributed by atoms with Gasteiger partial charge in [0.2, 0.25) is 0 Å². The van der Waals surface area contributed by atoms with Gasteiger partial charge in [0.15, 0.2) is 5.65 Å². The maximum absolute atomic E-state index is 12.4. The Hall–Kier alpha value is -2.93. The molecule has 0 bridgehead atoms. The molecule has 7 nitrogen and oxygen atoms in total. The van der Waals surface area contributed by atoms with Gasteiger partial charge in [-0.25, -0.2) is 9.78 Å². The lowest BCUT2D eigenvalue weighted by Gasteiger charge is -2.22. The number of aromatic nitrogens is 5. The van der Waals surface area contributed by atoms with Crippen LogP contribution in [0.4, 0.5) is 0 Å². The fourth-order valence-corrected chi connectivity index (χ4v) is 3.65. The third-order valence-electron chi connectivity index (χ3n) is 5.14. The summed E-state index contributed by atoms with van der Waals surface area (Å²) >= 11 is 0. The Morgan fingerprint density at radius 3 is 2.85 bits per heavy atom. The van der Waals surface area contributed by atoms with Crippen molar-refractivity contribution in [1.82, 2.24) is 24.5 Å². The summed E-state index contributed by atoms with van der Waals surface area (Å²) in [4.78, 5) is 27.4. The highest BCUT2D eigenvalue weighted by molar-refractivity contribution is 5.83. The number of H-pyrrole nitrogens is 2. The fraction of sp³-hybridized carbons (Fsp3) is 0.316. The molecule has 2 N–H and O–H groups in total. The van der Waals surface area contributed by atoms with E-state index in [-0.39, 0.29) is 5.69 Å². The zero-order valence-electron chi connectivity index (χ0n) is 14.2. The Morgan fingerprint density at radius 2 is 1.96 bits per heavy atom. The van der Waals surface area contributed by atoms with Crippen molar-refractivity contribution in [1.29, 1.82) is 0 Å². The van der Waals surface area contributed by atoms with Crippen LogP contribution in [0.25, 0.3) is 33.3 Å². The first kappa shape index (κ1) is 15.3. The van der Waals surface area contributed by atoms with Gasteiger partial charge in [-0.05, 0) is 37.0 Å². The molecule has 0 radical (unpaired) electrons. The molecule has 0 unspecified atom stereocenters. The van der Waals surface area contributed by atoms with Gasteiger partial charge in [0.05, 0.1) is 16.6 Å². The molecule has 1 aliphatic heterocycles. The van der Waals surface area contributed by atoms with Crippen LogP contribution in [0.5, 0.6) is 0 Å². The number of nitrogens with one attached hydrogen (secondary N) is 2. The van der Waals surface area contributed by atoms with Crippen LogP contribution in [0.15, 0.2) is 41.6 Å². The van der Waals surface area contributed by atoms with E-state index in [0.717, 1.165) is 53.7 Å². The fourth-order valence-electron chi connectivity index (χ4n) is 3.65. The summed E-state index contributed by atoms with van der Waals surface area (Å²) in [5.41, 5.74) is 5.19. The molecule has 5 rings (SSSR count). The minimum atomic E-state index is -0.103. The van der Waals surface area contributed by atoms with Gasteiger partial charge < -0.3 is 9.72 Å². The maximum Gasteiger partial charge on any atom is 0.327 e. The molecule has 0 aromatic carbocycles. The molecule has 0 spiro atoms. The first-order valence-corrected chi connectivity index (χ1v) is 8.88. The van der Waals surface area contributed by atoms with E-state index in [1.54, 1.807) is 6.20 Å². The number of imidazole rings is 1. The number of hydrogen-bond acceptors (Lipinski definition) is 4. The van der Waals surface area contributed by atoms with E-state index < -0.39 is 0 Å². The molecule has 1 fully saturated rings. The Labute approximate surface area is 149 Å². The van der Waals surface area contributed by atoms with Crippen molar-refractivity contribution >= 4 is 22.2 Å². The highest BCUT2D eigenvalue weighted by Gasteiger charge is 2.18. The van der Waals surface area contributed by atoms with Crippen molar-refractivity contribution < 1.29 is 4.74 Å². The van der Waals surface area contributed by atoms with Gasteiger partial charge in [0.1, 0.15) is 0 Å². The van der Waals surface area contributed by atoms with Crippen LogP contribution in [0.1, 0.15) is 12.8 Å². The van der Waals surface area contributed by atoms with Crippen LogP contribution < -0.4 is 5.69 Å². The zero-order valence-corrected chi connectivity index (χ0v) is 14.2. The molecule has 0 aliphatic carbocycles. The van der Waals surface area contributed by atoms with E-state index in [2.05, 4.69) is 26.0 Å². The second-order valence-corrected chi connectivity index (χ2v) is 6.82. The molecule has 4 aromatic rings. The summed E-state index contributed by atoms with van der Waals surface area (Å²) in [6, 6.07) is 6.02. The van der Waals surface area contributed by atoms with Crippen molar-refractivity contribution in [3.05, 3.63) is 47.3 Å². The predicted molar refractivity (Wildman–Crippen MR) is 99.0 cm³/mol. The molecule has 0 amide bonds. The van der Waals surface area contributed by atoms with E-state index in [9.17, 15) is 4.79 Å². The largest absolute Gasteiger partial charge is 0.381 e. The molecule has 26 heavy (non-hydrogen) atoms. The van der Waals surface area contributed by atoms with Gasteiger partial charge in [0, 0.05) is 49.5 Å². The minimum absolute atomic E-state index is 0.103. The van der Waals surface area contributed by atoms with E-state index in [4.69, 9.17) is 4.74 Å². The van der Waals surface area contributed by atoms with Gasteiger partial charge in [-0.1, -0.05) is 0 Å². The van der Waals surface area contributed by atoms with Crippen molar-refractivity contribution in [3.8, 4) is 11.1 Å². The molecule has 7 heteroatoms. The van der Waals surface area contributed by atoms with E-state index in [1.165, 1.54) is 0 Å². The Bertz CT molecular complexity index is 1130. The van der Waals surface area contributed by atoms with Gasteiger partial charge in [0.25, 0.3) is 0 Å². The molecular weight excluding hydrogens is 330 g/mol. The summed E-state index contributed by atoms with van der Waals surface area (Å²) in [5.74, 6) is 0.459. The van der Waals surface area contributed by atoms with Crippen molar-refractivity contribution in [2.75, 3.05) is 13.2 Å². The molecule has 5 heterocycles. The van der Waals surface area contributed by atoms with Gasteiger partial charge in [-0.15, -0.1) is 0 Å². The van der Waals surface area contributed by atoms with Gasteiger partial charge in [-0.2, -0.15) is 0 Å². The molecule has 132 valence electrons. The average Bonchev–Trinajstić information content (AvgIpc) is 3.26. The number of pyridine rings is 2. The van der Waals surface area contributed by atoms with E-state index in [1.807, 2.05) is 29.1 Å². The summed E-state index contributed by atoms with van der Waals surface area (Å²) in [6.07, 6.45) is 7.47. The normalized spacial score (nSPS) is 15.8. The lowest BCUT2D eigenvalue weighted by atomic mass is 10.0. The Kier molecular flexibility index (Phi) is 3.60. The zero-order chi connectivity index (χ0) is 17.5. The molecule has 4 aromatic heterocycles. The van der Waals surface area contributed by atoms with E-state index in [0.29, 0.717) is 18.1 Å². The van der Waals surface area contributed by atoms with Crippen molar-refractivity contribution in [3.63, 3.8) is 0 Å². The smallest absolute Gasteiger partial charge is 0.327 e. The number of ether oxygens (including phenoxy) is 1. The lowest BCUT2D eigenvalue weighted by molar-refractivity contribution is 0.0613. The SMILES string of the molecule is O=c1[nH]c2ncc(-c3cnc4cc[nH]c4c3)cc2n1CC1CCOCC1. The molecular formula is C19H19N5O2. The summed E-state index contributed by atoms with van der Waals surface area (Å²) in [5, 5.41) is 0. The third kappa shape index (κ3) is 2.61. The second kappa shape index (κ2) is 6.10. The predicted octanol–water partition coefficient (Wildman–Crippen LogP) is 2.69. The molecule has 0 saturated carbocycles. The number of fused-ring (bicyclic) bond motifs is 2. The monoisotopic (exact) mass is 349 g/mol. The summed E-state index contributed by atoms with van der Waals surface area (Å²) in [7, 11) is 0. The molecule has 1 saturated heterocycles. The first-order valence-electron chi connectivity index (χ1n) is 8.88. The van der Waals surface area contributed by atoms with E-state index >= 15 is 0 Å². The van der Waals surface area contributed by atoms with Crippen LogP contribution in [-0.4, -0.2) is 37.7 Å². The van der Waals surface area contributed by atoms with Crippen molar-refractivity contribution in [2.24, 2.45) is 5.92 Å². The number of nitrogens with zero attached hydrogens (tertiary/aromatic N) is 3. The van der Waals surface area contributed by atoms with Crippen LogP contribution >= 0.6 is 0 Å². The first-order chi connectivity index (χ1) is 12.8. The second-order valence-electron chi connectivity index (χ2n) is 6.82. The number of rotatable bonds is 3. The average molecular weight is 349 g/mol. The van der Waals surface area contributed by atoms with Gasteiger partial charge >= 0.3 is 5.69 Å². The summed E-state index contributed by atoms with van der Waals surface area (Å²) in [6.45, 7) is 2.24. The standard InChI is InChI=1S/C19H19N5O2/c25-19-23-18-17(24(19)11-12-2-5-26-6-3-12)8-14(10-22-18)13-7-16-15(21-9-13)1-4-20-16/h1,4,7-10,12,20H,2-3,5-6,11H2,(H,22,23,25). The highest BCUT2D eigenvalue weighted by Crippen LogP contribution is 2.25. The quantitative estimate of drug-likeness (QED) is 0.595. The van der Waals surface area contributed by atoms with Gasteiger partial charge in [-0.3, -0.25) is 14.5 Å². The van der Waals surface area contributed by atoms with Crippen molar-refractivity contribution in [2.45, 2.75) is 19.4 Å². The minimum Gasteiger partial charge on any atom is -0.381 e. The van der Waals surface area contributed by atoms with Crippen LogP contribution in [0.2, 0.25) is 0 Å². The Morgan fingerprint density at radius 1 is 1.15 bits per heavy atom.